The van der Waals surface area contributed by atoms with Gasteiger partial charge in [-0.05, 0) is 25.5 Å². The number of rotatable bonds is 4. The first kappa shape index (κ1) is 15.8. The van der Waals surface area contributed by atoms with E-state index < -0.39 is 5.97 Å². The van der Waals surface area contributed by atoms with Gasteiger partial charge in [0.25, 0.3) is 0 Å². The van der Waals surface area contributed by atoms with Crippen molar-refractivity contribution in [3.63, 3.8) is 0 Å². The van der Waals surface area contributed by atoms with E-state index in [1.165, 1.54) is 10.9 Å². The molecule has 1 heterocycles. The van der Waals surface area contributed by atoms with Crippen LogP contribution in [0, 0.1) is 6.92 Å². The van der Waals surface area contributed by atoms with Crippen molar-refractivity contribution in [2.75, 3.05) is 5.73 Å². The molecule has 116 valence electrons. The van der Waals surface area contributed by atoms with Crippen LogP contribution in [0.3, 0.4) is 0 Å². The second kappa shape index (κ2) is 6.48. The molecule has 4 N–H and O–H groups in total. The molecule has 0 spiro atoms. The number of carbonyl (C=O) groups excluding carboxylic acids is 1. The van der Waals surface area contributed by atoms with Crippen LogP contribution in [0.15, 0.2) is 29.6 Å². The van der Waals surface area contributed by atoms with Crippen molar-refractivity contribution in [2.24, 2.45) is 10.9 Å². The molecule has 0 amide bonds. The van der Waals surface area contributed by atoms with E-state index in [2.05, 4.69) is 10.3 Å². The van der Waals surface area contributed by atoms with Crippen LogP contribution in [-0.4, -0.2) is 21.6 Å². The highest BCUT2D eigenvalue weighted by atomic mass is 35.5. The average molecular weight is 322 g/mol. The minimum Gasteiger partial charge on any atom is -0.398 e. The fourth-order valence-corrected chi connectivity index (χ4v) is 2.14. The SMILES string of the molecule is CCn1ncc(Cl)c1C(=O)O/N=C(\N)c1cccc(N)c1C. The van der Waals surface area contributed by atoms with E-state index in [-0.39, 0.29) is 16.6 Å². The van der Waals surface area contributed by atoms with E-state index in [4.69, 9.17) is 27.9 Å². The number of nitrogens with zero attached hydrogens (tertiary/aromatic N) is 3. The molecular formula is C14H16ClN5O2. The predicted octanol–water partition coefficient (Wildman–Crippen LogP) is 1.92. The van der Waals surface area contributed by atoms with Crippen molar-refractivity contribution in [1.29, 1.82) is 0 Å². The van der Waals surface area contributed by atoms with Gasteiger partial charge < -0.3 is 16.3 Å². The van der Waals surface area contributed by atoms with Gasteiger partial charge in [-0.1, -0.05) is 28.9 Å². The third kappa shape index (κ3) is 3.04. The van der Waals surface area contributed by atoms with Crippen LogP contribution in [0.25, 0.3) is 0 Å². The summed E-state index contributed by atoms with van der Waals surface area (Å²) in [6.45, 7) is 4.11. The lowest BCUT2D eigenvalue weighted by Crippen LogP contribution is -2.18. The second-order valence-electron chi connectivity index (χ2n) is 4.53. The molecule has 0 aliphatic heterocycles. The maximum absolute atomic E-state index is 12.0. The number of oxime groups is 1. The molecule has 0 aliphatic carbocycles. The van der Waals surface area contributed by atoms with E-state index in [0.717, 1.165) is 5.56 Å². The van der Waals surface area contributed by atoms with Crippen molar-refractivity contribution >= 4 is 29.1 Å². The van der Waals surface area contributed by atoms with E-state index in [9.17, 15) is 4.79 Å². The molecule has 1 aromatic carbocycles. The number of anilines is 1. The molecule has 0 atom stereocenters. The fraction of sp³-hybridized carbons (Fsp3) is 0.214. The minimum absolute atomic E-state index is 0.0526. The number of nitrogen functional groups attached to an aromatic ring is 1. The monoisotopic (exact) mass is 321 g/mol. The Hall–Kier alpha value is -2.54. The van der Waals surface area contributed by atoms with Gasteiger partial charge in [0, 0.05) is 17.8 Å². The van der Waals surface area contributed by atoms with E-state index in [1.54, 1.807) is 25.1 Å². The maximum Gasteiger partial charge on any atom is 0.385 e. The number of hydrogen-bond acceptors (Lipinski definition) is 5. The summed E-state index contributed by atoms with van der Waals surface area (Å²) in [7, 11) is 0. The van der Waals surface area contributed by atoms with Crippen molar-refractivity contribution < 1.29 is 9.63 Å². The number of carbonyl (C=O) groups is 1. The molecule has 0 saturated carbocycles. The Labute approximate surface area is 132 Å². The normalized spacial score (nSPS) is 11.5. The molecule has 0 fully saturated rings. The zero-order valence-electron chi connectivity index (χ0n) is 12.2. The fourth-order valence-electron chi connectivity index (χ4n) is 1.92. The van der Waals surface area contributed by atoms with Gasteiger partial charge in [-0.2, -0.15) is 5.10 Å². The molecule has 2 aromatic rings. The van der Waals surface area contributed by atoms with Gasteiger partial charge in [-0.25, -0.2) is 4.79 Å². The van der Waals surface area contributed by atoms with Crippen LogP contribution >= 0.6 is 11.6 Å². The Morgan fingerprint density at radius 1 is 1.50 bits per heavy atom. The smallest absolute Gasteiger partial charge is 0.385 e. The Morgan fingerprint density at radius 2 is 2.23 bits per heavy atom. The first-order chi connectivity index (χ1) is 10.5. The maximum atomic E-state index is 12.0. The highest BCUT2D eigenvalue weighted by Crippen LogP contribution is 2.17. The topological polar surface area (TPSA) is 109 Å². The summed E-state index contributed by atoms with van der Waals surface area (Å²) in [5.41, 5.74) is 13.7. The van der Waals surface area contributed by atoms with Crippen LogP contribution in [0.1, 0.15) is 28.5 Å². The van der Waals surface area contributed by atoms with Gasteiger partial charge >= 0.3 is 5.97 Å². The molecule has 22 heavy (non-hydrogen) atoms. The van der Waals surface area contributed by atoms with Gasteiger partial charge in [0.1, 0.15) is 0 Å². The molecule has 0 bridgehead atoms. The first-order valence-electron chi connectivity index (χ1n) is 6.57. The van der Waals surface area contributed by atoms with Crippen LogP contribution in [-0.2, 0) is 11.4 Å². The Kier molecular flexibility index (Phi) is 4.67. The lowest BCUT2D eigenvalue weighted by Gasteiger charge is -2.07. The molecule has 7 nitrogen and oxygen atoms in total. The average Bonchev–Trinajstić information content (AvgIpc) is 2.88. The van der Waals surface area contributed by atoms with Crippen LogP contribution < -0.4 is 11.5 Å². The van der Waals surface area contributed by atoms with Crippen LogP contribution in [0.5, 0.6) is 0 Å². The van der Waals surface area contributed by atoms with Gasteiger partial charge in [-0.3, -0.25) is 4.68 Å². The summed E-state index contributed by atoms with van der Waals surface area (Å²) in [4.78, 5) is 16.9. The van der Waals surface area contributed by atoms with Gasteiger partial charge in [0.05, 0.1) is 11.2 Å². The highest BCUT2D eigenvalue weighted by molar-refractivity contribution is 6.33. The largest absolute Gasteiger partial charge is 0.398 e. The standard InChI is InChI=1S/C14H16ClN5O2/c1-3-20-12(10(15)7-18-20)14(21)22-19-13(17)9-5-4-6-11(16)8(9)2/h4-7H,3,16H2,1-2H3,(H2,17,19). The van der Waals surface area contributed by atoms with Crippen molar-refractivity contribution in [3.05, 3.63) is 46.2 Å². The lowest BCUT2D eigenvalue weighted by atomic mass is 10.1. The zero-order valence-corrected chi connectivity index (χ0v) is 13.0. The van der Waals surface area contributed by atoms with Crippen molar-refractivity contribution in [1.82, 2.24) is 9.78 Å². The molecule has 0 radical (unpaired) electrons. The quantitative estimate of drug-likeness (QED) is 0.294. The molecule has 0 unspecified atom stereocenters. The van der Waals surface area contributed by atoms with Gasteiger partial charge in [0.15, 0.2) is 11.5 Å². The van der Waals surface area contributed by atoms with Crippen molar-refractivity contribution in [2.45, 2.75) is 20.4 Å². The molecule has 0 saturated heterocycles. The number of benzene rings is 1. The summed E-state index contributed by atoms with van der Waals surface area (Å²) >= 11 is 5.92. The molecule has 2 rings (SSSR count). The number of halogens is 1. The van der Waals surface area contributed by atoms with Crippen LogP contribution in [0.4, 0.5) is 5.69 Å². The minimum atomic E-state index is -0.728. The van der Waals surface area contributed by atoms with E-state index in [1.807, 2.05) is 6.92 Å². The van der Waals surface area contributed by atoms with E-state index in [0.29, 0.717) is 17.8 Å². The molecule has 1 aromatic heterocycles. The Balaban J connectivity index is 2.22. The van der Waals surface area contributed by atoms with Gasteiger partial charge in [-0.15, -0.1) is 0 Å². The molecular weight excluding hydrogens is 306 g/mol. The second-order valence-corrected chi connectivity index (χ2v) is 4.94. The summed E-state index contributed by atoms with van der Waals surface area (Å²) in [5.74, 6) is -0.675. The van der Waals surface area contributed by atoms with Gasteiger partial charge in [0.2, 0.25) is 0 Å². The molecule has 8 heteroatoms. The highest BCUT2D eigenvalue weighted by Gasteiger charge is 2.19. The summed E-state index contributed by atoms with van der Waals surface area (Å²) in [6, 6.07) is 5.23. The predicted molar refractivity (Wildman–Crippen MR) is 84.6 cm³/mol. The van der Waals surface area contributed by atoms with Crippen LogP contribution in [0.2, 0.25) is 5.02 Å². The summed E-state index contributed by atoms with van der Waals surface area (Å²) < 4.78 is 1.42. The summed E-state index contributed by atoms with van der Waals surface area (Å²) in [5, 5.41) is 7.81. The molecule has 0 aliphatic rings. The number of aryl methyl sites for hydroxylation is 1. The lowest BCUT2D eigenvalue weighted by molar-refractivity contribution is 0.0502. The van der Waals surface area contributed by atoms with E-state index >= 15 is 0 Å². The number of amidine groups is 1. The number of nitrogens with two attached hydrogens (primary N) is 2. The van der Waals surface area contributed by atoms with Crippen molar-refractivity contribution in [3.8, 4) is 0 Å². The first-order valence-corrected chi connectivity index (χ1v) is 6.95. The Morgan fingerprint density at radius 3 is 2.91 bits per heavy atom. The zero-order chi connectivity index (χ0) is 16.3. The number of aromatic nitrogens is 2. The Bertz CT molecular complexity index is 739. The third-order valence-corrected chi connectivity index (χ3v) is 3.44. The third-order valence-electron chi connectivity index (χ3n) is 3.17. The summed E-state index contributed by atoms with van der Waals surface area (Å²) in [6.07, 6.45) is 1.37. The number of hydrogen-bond donors (Lipinski definition) is 2.